The Balaban J connectivity index is 1.94. The highest BCUT2D eigenvalue weighted by Crippen LogP contribution is 2.29. The number of fused-ring (bicyclic) bond motifs is 1. The average molecular weight is 342 g/mol. The van der Waals surface area contributed by atoms with Crippen LogP contribution in [-0.2, 0) is 0 Å². The first kappa shape index (κ1) is 16.0. The van der Waals surface area contributed by atoms with E-state index in [9.17, 15) is 14.9 Å². The van der Waals surface area contributed by atoms with Gasteiger partial charge in [0.25, 0.3) is 11.6 Å². The molecule has 2 heterocycles. The Morgan fingerprint density at radius 3 is 2.71 bits per heavy atom. The standard InChI is InChI=1S/C16H14N4O3S/c1-8-7-9(2)17-14-13(8)24-16(18-14)19-15(21)11-5-4-6-12(10(11)3)20(22)23/h4-7H,1-3H3,(H,17,18,19,21). The number of nitrogens with one attached hydrogen (secondary N) is 1. The van der Waals surface area contributed by atoms with Gasteiger partial charge in [-0.05, 0) is 38.5 Å². The van der Waals surface area contributed by atoms with Crippen LogP contribution in [0.4, 0.5) is 10.8 Å². The van der Waals surface area contributed by atoms with Crippen LogP contribution in [0.5, 0.6) is 0 Å². The molecule has 1 amide bonds. The van der Waals surface area contributed by atoms with E-state index in [1.165, 1.54) is 23.5 Å². The van der Waals surface area contributed by atoms with Gasteiger partial charge in [-0.3, -0.25) is 20.2 Å². The van der Waals surface area contributed by atoms with Gasteiger partial charge in [0.2, 0.25) is 0 Å². The molecule has 8 heteroatoms. The lowest BCUT2D eigenvalue weighted by atomic mass is 10.1. The first-order chi connectivity index (χ1) is 11.4. The second-order valence-corrected chi connectivity index (χ2v) is 6.41. The number of aromatic nitrogens is 2. The molecule has 0 aliphatic heterocycles. The molecule has 24 heavy (non-hydrogen) atoms. The summed E-state index contributed by atoms with van der Waals surface area (Å²) in [5.74, 6) is -0.426. The summed E-state index contributed by atoms with van der Waals surface area (Å²) in [6, 6.07) is 6.38. The smallest absolute Gasteiger partial charge is 0.273 e. The van der Waals surface area contributed by atoms with E-state index < -0.39 is 10.8 Å². The van der Waals surface area contributed by atoms with Gasteiger partial charge in [-0.2, -0.15) is 4.98 Å². The highest BCUT2D eigenvalue weighted by atomic mass is 32.1. The van der Waals surface area contributed by atoms with Gasteiger partial charge in [-0.25, -0.2) is 4.98 Å². The fourth-order valence-corrected chi connectivity index (χ4v) is 3.38. The Labute approximate surface area is 141 Å². The molecule has 1 N–H and O–H groups in total. The van der Waals surface area contributed by atoms with E-state index in [0.717, 1.165) is 16.0 Å². The number of aryl methyl sites for hydroxylation is 2. The lowest BCUT2D eigenvalue weighted by molar-refractivity contribution is -0.385. The van der Waals surface area contributed by atoms with E-state index in [2.05, 4.69) is 15.3 Å². The lowest BCUT2D eigenvalue weighted by Crippen LogP contribution is -2.13. The Morgan fingerprint density at radius 2 is 2.00 bits per heavy atom. The Hall–Kier alpha value is -2.87. The van der Waals surface area contributed by atoms with Gasteiger partial charge < -0.3 is 0 Å². The molecule has 3 rings (SSSR count). The second-order valence-electron chi connectivity index (χ2n) is 5.41. The van der Waals surface area contributed by atoms with Crippen LogP contribution in [0, 0.1) is 30.9 Å². The molecule has 1 aromatic carbocycles. The highest BCUT2D eigenvalue weighted by Gasteiger charge is 2.19. The van der Waals surface area contributed by atoms with Crippen LogP contribution < -0.4 is 5.32 Å². The maximum atomic E-state index is 12.5. The summed E-state index contributed by atoms with van der Waals surface area (Å²) in [6.07, 6.45) is 0. The van der Waals surface area contributed by atoms with Crippen molar-refractivity contribution in [2.45, 2.75) is 20.8 Å². The first-order valence-electron chi connectivity index (χ1n) is 7.17. The van der Waals surface area contributed by atoms with Gasteiger partial charge in [0, 0.05) is 22.9 Å². The van der Waals surface area contributed by atoms with Crippen LogP contribution in [0.3, 0.4) is 0 Å². The quantitative estimate of drug-likeness (QED) is 0.577. The third-order valence-electron chi connectivity index (χ3n) is 3.64. The molecular formula is C16H14N4O3S. The van der Waals surface area contributed by atoms with E-state index in [0.29, 0.717) is 16.3 Å². The van der Waals surface area contributed by atoms with Gasteiger partial charge in [0.05, 0.1) is 9.62 Å². The molecule has 0 spiro atoms. The predicted molar refractivity (Wildman–Crippen MR) is 92.7 cm³/mol. The van der Waals surface area contributed by atoms with Crippen molar-refractivity contribution in [2.75, 3.05) is 5.32 Å². The van der Waals surface area contributed by atoms with Crippen molar-refractivity contribution in [2.24, 2.45) is 0 Å². The number of nitro benzene ring substituents is 1. The van der Waals surface area contributed by atoms with Crippen molar-refractivity contribution in [1.29, 1.82) is 0 Å². The first-order valence-corrected chi connectivity index (χ1v) is 7.98. The molecule has 0 radical (unpaired) electrons. The zero-order valence-electron chi connectivity index (χ0n) is 13.3. The van der Waals surface area contributed by atoms with Gasteiger partial charge in [-0.1, -0.05) is 17.4 Å². The normalized spacial score (nSPS) is 10.8. The number of nitro groups is 1. The van der Waals surface area contributed by atoms with Crippen LogP contribution >= 0.6 is 11.3 Å². The van der Waals surface area contributed by atoms with Crippen molar-refractivity contribution >= 4 is 38.4 Å². The number of hydrogen-bond donors (Lipinski definition) is 1. The minimum Gasteiger partial charge on any atom is -0.298 e. The average Bonchev–Trinajstić information content (AvgIpc) is 2.89. The molecule has 0 unspecified atom stereocenters. The monoisotopic (exact) mass is 342 g/mol. The Morgan fingerprint density at radius 1 is 1.25 bits per heavy atom. The summed E-state index contributed by atoms with van der Waals surface area (Å²) in [5, 5.41) is 14.1. The Kier molecular flexibility index (Phi) is 3.98. The van der Waals surface area contributed by atoms with Crippen LogP contribution in [0.15, 0.2) is 24.3 Å². The van der Waals surface area contributed by atoms with Crippen LogP contribution in [0.2, 0.25) is 0 Å². The number of carbonyl (C=O) groups is 1. The summed E-state index contributed by atoms with van der Waals surface area (Å²) in [6.45, 7) is 5.41. The third kappa shape index (κ3) is 2.83. The zero-order chi connectivity index (χ0) is 17.4. The molecule has 0 bridgehead atoms. The summed E-state index contributed by atoms with van der Waals surface area (Å²) in [5.41, 5.74) is 2.99. The number of hydrogen-bond acceptors (Lipinski definition) is 6. The highest BCUT2D eigenvalue weighted by molar-refractivity contribution is 7.22. The summed E-state index contributed by atoms with van der Waals surface area (Å²) >= 11 is 1.33. The summed E-state index contributed by atoms with van der Waals surface area (Å²) in [7, 11) is 0. The topological polar surface area (TPSA) is 98.0 Å². The summed E-state index contributed by atoms with van der Waals surface area (Å²) in [4.78, 5) is 31.6. The van der Waals surface area contributed by atoms with E-state index in [-0.39, 0.29) is 11.3 Å². The van der Waals surface area contributed by atoms with E-state index in [4.69, 9.17) is 0 Å². The van der Waals surface area contributed by atoms with E-state index in [1.807, 2.05) is 19.9 Å². The number of rotatable bonds is 3. The molecule has 0 saturated heterocycles. The van der Waals surface area contributed by atoms with Gasteiger partial charge >= 0.3 is 0 Å². The van der Waals surface area contributed by atoms with Gasteiger partial charge in [0.1, 0.15) is 0 Å². The van der Waals surface area contributed by atoms with E-state index in [1.54, 1.807) is 13.0 Å². The number of amides is 1. The number of benzene rings is 1. The number of nitrogens with zero attached hydrogens (tertiary/aromatic N) is 3. The summed E-state index contributed by atoms with van der Waals surface area (Å²) < 4.78 is 0.909. The molecule has 3 aromatic rings. The number of thiazole rings is 1. The SMILES string of the molecule is Cc1cc(C)c2sc(NC(=O)c3cccc([N+](=O)[O-])c3C)nc2n1. The fourth-order valence-electron chi connectivity index (χ4n) is 2.51. The van der Waals surface area contributed by atoms with Crippen molar-refractivity contribution < 1.29 is 9.72 Å². The zero-order valence-corrected chi connectivity index (χ0v) is 14.1. The van der Waals surface area contributed by atoms with Crippen molar-refractivity contribution in [3.63, 3.8) is 0 Å². The minimum atomic E-state index is -0.500. The molecular weight excluding hydrogens is 328 g/mol. The molecule has 0 aliphatic carbocycles. The minimum absolute atomic E-state index is 0.0833. The molecule has 7 nitrogen and oxygen atoms in total. The number of pyridine rings is 1. The largest absolute Gasteiger partial charge is 0.298 e. The predicted octanol–water partition coefficient (Wildman–Crippen LogP) is 3.78. The van der Waals surface area contributed by atoms with E-state index >= 15 is 0 Å². The van der Waals surface area contributed by atoms with Gasteiger partial charge in [-0.15, -0.1) is 0 Å². The van der Waals surface area contributed by atoms with Crippen LogP contribution in [0.25, 0.3) is 10.3 Å². The van der Waals surface area contributed by atoms with Crippen LogP contribution in [-0.4, -0.2) is 20.8 Å². The molecule has 0 aliphatic rings. The maximum Gasteiger partial charge on any atom is 0.273 e. The molecule has 0 fully saturated rings. The Bertz CT molecular complexity index is 981. The number of anilines is 1. The maximum absolute atomic E-state index is 12.5. The third-order valence-corrected chi connectivity index (χ3v) is 4.74. The number of carbonyl (C=O) groups excluding carboxylic acids is 1. The van der Waals surface area contributed by atoms with Crippen molar-refractivity contribution in [3.05, 3.63) is 56.8 Å². The van der Waals surface area contributed by atoms with Crippen molar-refractivity contribution in [1.82, 2.24) is 9.97 Å². The lowest BCUT2D eigenvalue weighted by Gasteiger charge is -2.05. The fraction of sp³-hybridized carbons (Fsp3) is 0.188. The second kappa shape index (κ2) is 5.97. The van der Waals surface area contributed by atoms with Gasteiger partial charge in [0.15, 0.2) is 10.8 Å². The molecule has 2 aromatic heterocycles. The van der Waals surface area contributed by atoms with Crippen molar-refractivity contribution in [3.8, 4) is 0 Å². The molecule has 122 valence electrons. The van der Waals surface area contributed by atoms with Crippen LogP contribution in [0.1, 0.15) is 27.2 Å². The molecule has 0 saturated carbocycles. The molecule has 0 atom stereocenters.